The lowest BCUT2D eigenvalue weighted by Crippen LogP contribution is -2.56. The normalized spacial score (nSPS) is 24.5. The van der Waals surface area contributed by atoms with Crippen LogP contribution in [0.15, 0.2) is 12.4 Å². The lowest BCUT2D eigenvalue weighted by atomic mass is 9.77. The number of aryl methyl sites for hydroxylation is 1. The second-order valence-corrected chi connectivity index (χ2v) is 6.70. The van der Waals surface area contributed by atoms with Crippen molar-refractivity contribution in [3.8, 4) is 0 Å². The zero-order valence-electron chi connectivity index (χ0n) is 13.7. The van der Waals surface area contributed by atoms with Crippen molar-refractivity contribution in [2.24, 2.45) is 13.0 Å². The van der Waals surface area contributed by atoms with Crippen molar-refractivity contribution < 1.29 is 14.7 Å². The van der Waals surface area contributed by atoms with Gasteiger partial charge in [0, 0.05) is 59.0 Å². The Hall–Kier alpha value is -1.89. The van der Waals surface area contributed by atoms with Crippen LogP contribution in [0.4, 0.5) is 0 Å². The molecule has 0 aliphatic carbocycles. The quantitative estimate of drug-likeness (QED) is 0.866. The fourth-order valence-corrected chi connectivity index (χ4v) is 4.04. The van der Waals surface area contributed by atoms with Crippen molar-refractivity contribution in [2.45, 2.75) is 31.2 Å². The Morgan fingerprint density at radius 2 is 2.09 bits per heavy atom. The average molecular weight is 320 g/mol. The van der Waals surface area contributed by atoms with Crippen molar-refractivity contribution >= 4 is 11.9 Å². The van der Waals surface area contributed by atoms with Gasteiger partial charge in [-0.2, -0.15) is 0 Å². The molecule has 0 radical (unpaired) electrons. The van der Waals surface area contributed by atoms with Crippen molar-refractivity contribution in [1.82, 2.24) is 19.4 Å². The van der Waals surface area contributed by atoms with Crippen molar-refractivity contribution in [1.29, 1.82) is 0 Å². The molecule has 1 aromatic rings. The van der Waals surface area contributed by atoms with Crippen LogP contribution in [-0.2, 0) is 23.1 Å². The molecule has 7 nitrogen and oxygen atoms in total. The Morgan fingerprint density at radius 3 is 2.65 bits per heavy atom. The number of hydrogen-bond donors (Lipinski definition) is 1. The minimum absolute atomic E-state index is 0.0427. The van der Waals surface area contributed by atoms with Crippen LogP contribution < -0.4 is 0 Å². The smallest absolute Gasteiger partial charge is 0.309 e. The second-order valence-electron chi connectivity index (χ2n) is 6.70. The van der Waals surface area contributed by atoms with Crippen LogP contribution in [0.25, 0.3) is 0 Å². The van der Waals surface area contributed by atoms with Crippen LogP contribution in [0.3, 0.4) is 0 Å². The molecule has 1 amide bonds. The van der Waals surface area contributed by atoms with Crippen LogP contribution >= 0.6 is 0 Å². The maximum absolute atomic E-state index is 12.0. The van der Waals surface area contributed by atoms with E-state index in [1.54, 1.807) is 18.1 Å². The number of carboxylic acids is 1. The van der Waals surface area contributed by atoms with Gasteiger partial charge in [0.25, 0.3) is 0 Å². The third-order valence-corrected chi connectivity index (χ3v) is 5.66. The average Bonchev–Trinajstić information content (AvgIpc) is 3.04. The van der Waals surface area contributed by atoms with Gasteiger partial charge in [-0.1, -0.05) is 0 Å². The topological polar surface area (TPSA) is 78.7 Å². The molecule has 1 aromatic heterocycles. The fraction of sp³-hybridized carbons (Fsp3) is 0.688. The Labute approximate surface area is 135 Å². The molecule has 3 rings (SSSR count). The van der Waals surface area contributed by atoms with Crippen molar-refractivity contribution in [3.05, 3.63) is 18.2 Å². The van der Waals surface area contributed by atoms with E-state index in [9.17, 15) is 14.7 Å². The maximum atomic E-state index is 12.0. The molecule has 2 fully saturated rings. The third kappa shape index (κ3) is 2.73. The molecule has 7 heteroatoms. The van der Waals surface area contributed by atoms with Crippen LogP contribution in [0, 0.1) is 5.92 Å². The molecule has 2 aliphatic heterocycles. The molecule has 1 unspecified atom stereocenters. The highest BCUT2D eigenvalue weighted by molar-refractivity contribution is 5.88. The number of carbonyl (C=O) groups excluding carboxylic acids is 1. The zero-order chi connectivity index (χ0) is 16.6. The molecule has 126 valence electrons. The van der Waals surface area contributed by atoms with Gasteiger partial charge >= 0.3 is 5.97 Å². The molecule has 0 saturated carbocycles. The molecular formula is C16H24N4O3. The van der Waals surface area contributed by atoms with E-state index in [1.165, 1.54) is 0 Å². The number of piperidine rings is 1. The summed E-state index contributed by atoms with van der Waals surface area (Å²) in [6, 6.07) is 0. The number of hydrogen-bond acceptors (Lipinski definition) is 4. The minimum Gasteiger partial charge on any atom is -0.481 e. The first-order chi connectivity index (χ1) is 10.9. The number of imidazole rings is 1. The van der Waals surface area contributed by atoms with Crippen molar-refractivity contribution in [3.63, 3.8) is 0 Å². The highest BCUT2D eigenvalue weighted by atomic mass is 16.4. The van der Waals surface area contributed by atoms with E-state index >= 15 is 0 Å². The number of amides is 1. The van der Waals surface area contributed by atoms with E-state index in [0.29, 0.717) is 0 Å². The fourth-order valence-electron chi connectivity index (χ4n) is 4.04. The monoisotopic (exact) mass is 320 g/mol. The Bertz CT molecular complexity index is 604. The minimum atomic E-state index is -0.843. The number of aromatic nitrogens is 2. The standard InChI is InChI=1S/C16H24N4O3/c1-18-10-6-17-13(18)3-7-20-8-4-16(5-9-20)12(15(22)23)11-14(21)19(16)2/h6,10,12H,3-5,7-9,11H2,1-2H3,(H,22,23). The van der Waals surface area contributed by atoms with E-state index in [2.05, 4.69) is 9.88 Å². The molecule has 2 saturated heterocycles. The lowest BCUT2D eigenvalue weighted by Gasteiger charge is -2.45. The zero-order valence-corrected chi connectivity index (χ0v) is 13.7. The SMILES string of the molecule is CN1C(=O)CC(C(=O)O)C12CCN(CCc1nccn1C)CC2. The third-order valence-electron chi connectivity index (χ3n) is 5.66. The summed E-state index contributed by atoms with van der Waals surface area (Å²) in [5.74, 6) is -0.401. The van der Waals surface area contributed by atoms with Gasteiger partial charge in [-0.3, -0.25) is 9.59 Å². The Balaban J connectivity index is 1.62. The van der Waals surface area contributed by atoms with Crippen LogP contribution in [0.1, 0.15) is 25.1 Å². The number of likely N-dealkylation sites (tertiary alicyclic amines) is 2. The van der Waals surface area contributed by atoms with Crippen LogP contribution in [0.2, 0.25) is 0 Å². The molecule has 0 aromatic carbocycles. The highest BCUT2D eigenvalue weighted by Crippen LogP contribution is 2.42. The summed E-state index contributed by atoms with van der Waals surface area (Å²) >= 11 is 0. The summed E-state index contributed by atoms with van der Waals surface area (Å²) < 4.78 is 2.02. The first kappa shape index (κ1) is 16.0. The highest BCUT2D eigenvalue weighted by Gasteiger charge is 2.55. The first-order valence-electron chi connectivity index (χ1n) is 8.12. The molecule has 1 atom stereocenters. The second kappa shape index (κ2) is 5.96. The van der Waals surface area contributed by atoms with Gasteiger partial charge in [0.2, 0.25) is 5.91 Å². The number of carboxylic acid groups (broad SMARTS) is 1. The molecule has 3 heterocycles. The lowest BCUT2D eigenvalue weighted by molar-refractivity contribution is -0.146. The first-order valence-corrected chi connectivity index (χ1v) is 8.12. The number of carbonyl (C=O) groups is 2. The van der Waals surface area contributed by atoms with Gasteiger partial charge in [0.05, 0.1) is 11.5 Å². The van der Waals surface area contributed by atoms with E-state index in [4.69, 9.17) is 0 Å². The Kier molecular flexibility index (Phi) is 4.14. The van der Waals surface area contributed by atoms with Gasteiger partial charge in [-0.05, 0) is 12.8 Å². The predicted molar refractivity (Wildman–Crippen MR) is 83.8 cm³/mol. The largest absolute Gasteiger partial charge is 0.481 e. The predicted octanol–water partition coefficient (Wildman–Crippen LogP) is 0.360. The number of nitrogens with zero attached hydrogens (tertiary/aromatic N) is 4. The molecular weight excluding hydrogens is 296 g/mol. The van der Waals surface area contributed by atoms with E-state index < -0.39 is 17.4 Å². The van der Waals surface area contributed by atoms with E-state index in [-0.39, 0.29) is 12.3 Å². The van der Waals surface area contributed by atoms with E-state index in [1.807, 2.05) is 17.8 Å². The Morgan fingerprint density at radius 1 is 1.39 bits per heavy atom. The van der Waals surface area contributed by atoms with Gasteiger partial charge < -0.3 is 19.5 Å². The summed E-state index contributed by atoms with van der Waals surface area (Å²) in [7, 11) is 3.75. The van der Waals surface area contributed by atoms with Gasteiger partial charge in [0.15, 0.2) is 0 Å². The number of aliphatic carboxylic acids is 1. The van der Waals surface area contributed by atoms with Crippen molar-refractivity contribution in [2.75, 3.05) is 26.7 Å². The van der Waals surface area contributed by atoms with Gasteiger partial charge in [-0.25, -0.2) is 4.98 Å². The van der Waals surface area contributed by atoms with Crippen LogP contribution in [0.5, 0.6) is 0 Å². The summed E-state index contributed by atoms with van der Waals surface area (Å²) in [6.07, 6.45) is 6.22. The number of rotatable bonds is 4. The van der Waals surface area contributed by atoms with E-state index in [0.717, 1.165) is 44.7 Å². The van der Waals surface area contributed by atoms with Gasteiger partial charge in [-0.15, -0.1) is 0 Å². The molecule has 1 N–H and O–H groups in total. The molecule has 0 bridgehead atoms. The summed E-state index contributed by atoms with van der Waals surface area (Å²) in [6.45, 7) is 2.56. The maximum Gasteiger partial charge on any atom is 0.309 e. The summed E-state index contributed by atoms with van der Waals surface area (Å²) in [5.41, 5.74) is -0.497. The molecule has 23 heavy (non-hydrogen) atoms. The molecule has 2 aliphatic rings. The summed E-state index contributed by atoms with van der Waals surface area (Å²) in [4.78, 5) is 31.9. The summed E-state index contributed by atoms with van der Waals surface area (Å²) in [5, 5.41) is 9.49. The molecule has 1 spiro atoms. The van der Waals surface area contributed by atoms with Gasteiger partial charge in [0.1, 0.15) is 5.82 Å². The van der Waals surface area contributed by atoms with Crippen LogP contribution in [-0.4, -0.2) is 68.6 Å².